The summed E-state index contributed by atoms with van der Waals surface area (Å²) in [4.78, 5) is 31.8. The Labute approximate surface area is 161 Å². The largest absolute Gasteiger partial charge is 0.464 e. The molecule has 0 unspecified atom stereocenters. The summed E-state index contributed by atoms with van der Waals surface area (Å²) in [5, 5.41) is 3.57. The minimum absolute atomic E-state index is 0.0773. The summed E-state index contributed by atoms with van der Waals surface area (Å²) in [5.74, 6) is 1.24. The number of nitrogens with zero attached hydrogens (tertiary/aromatic N) is 2. The number of carbonyl (C=O) groups is 2. The molecule has 4 rings (SSSR count). The molecule has 6 nitrogen and oxygen atoms in total. The molecule has 3 heterocycles. The fourth-order valence-electron chi connectivity index (χ4n) is 3.30. The summed E-state index contributed by atoms with van der Waals surface area (Å²) in [6, 6.07) is 10.6. The van der Waals surface area contributed by atoms with Crippen molar-refractivity contribution < 1.29 is 14.0 Å². The Kier molecular flexibility index (Phi) is 4.39. The second-order valence-corrected chi connectivity index (χ2v) is 7.51. The maximum atomic E-state index is 13.2. The van der Waals surface area contributed by atoms with Crippen molar-refractivity contribution in [1.82, 2.24) is 4.90 Å². The normalized spacial score (nSPS) is 19.2. The zero-order valence-corrected chi connectivity index (χ0v) is 16.1. The van der Waals surface area contributed by atoms with E-state index in [1.807, 2.05) is 50.2 Å². The molecular weight excluding hydrogens is 362 g/mol. The van der Waals surface area contributed by atoms with Gasteiger partial charge in [-0.1, -0.05) is 30.0 Å². The van der Waals surface area contributed by atoms with E-state index in [9.17, 15) is 9.59 Å². The smallest absolute Gasteiger partial charge is 0.256 e. The fraction of sp³-hybridized carbons (Fsp3) is 0.250. The van der Waals surface area contributed by atoms with E-state index in [1.165, 1.54) is 11.8 Å². The number of amides is 2. The standard InChI is InChI=1S/C20H19N3O3S/c1-11-6-4-5-7-14(11)22-19(25)17-13(3)21-20-23(16(24)10-27-20)18(17)15-9-8-12(2)26-15/h4-9,18H,10H2,1-3H3,(H,22,25)/t18-/m0/s1. The molecule has 0 saturated carbocycles. The number of nitrogens with one attached hydrogen (secondary N) is 1. The Balaban J connectivity index is 1.78. The lowest BCUT2D eigenvalue weighted by molar-refractivity contribution is -0.125. The second-order valence-electron chi connectivity index (χ2n) is 6.57. The highest BCUT2D eigenvalue weighted by Crippen LogP contribution is 2.41. The number of para-hydroxylation sites is 1. The quantitative estimate of drug-likeness (QED) is 0.878. The van der Waals surface area contributed by atoms with Crippen molar-refractivity contribution in [3.8, 4) is 0 Å². The van der Waals surface area contributed by atoms with E-state index in [1.54, 1.807) is 11.8 Å². The number of hydrogen-bond donors (Lipinski definition) is 1. The molecule has 0 aliphatic carbocycles. The molecule has 2 aliphatic rings. The molecule has 0 bridgehead atoms. The highest BCUT2D eigenvalue weighted by atomic mass is 32.2. The first-order chi connectivity index (χ1) is 13.0. The number of aliphatic imine (C=N–C) groups is 1. The summed E-state index contributed by atoms with van der Waals surface area (Å²) in [6.45, 7) is 5.57. The molecule has 2 aromatic rings. The number of thioether (sulfide) groups is 1. The van der Waals surface area contributed by atoms with Crippen LogP contribution in [-0.2, 0) is 9.59 Å². The highest BCUT2D eigenvalue weighted by Gasteiger charge is 2.44. The number of allylic oxidation sites excluding steroid dienone is 1. The zero-order valence-electron chi connectivity index (χ0n) is 15.3. The van der Waals surface area contributed by atoms with Gasteiger partial charge in [0.2, 0.25) is 5.91 Å². The second kappa shape index (κ2) is 6.74. The van der Waals surface area contributed by atoms with Gasteiger partial charge in [-0.3, -0.25) is 14.5 Å². The third-order valence-corrected chi connectivity index (χ3v) is 5.59. The highest BCUT2D eigenvalue weighted by molar-refractivity contribution is 8.15. The van der Waals surface area contributed by atoms with Gasteiger partial charge in [-0.05, 0) is 44.5 Å². The van der Waals surface area contributed by atoms with Crippen LogP contribution in [0.4, 0.5) is 5.69 Å². The number of carbonyl (C=O) groups excluding carboxylic acids is 2. The van der Waals surface area contributed by atoms with Crippen molar-refractivity contribution in [3.63, 3.8) is 0 Å². The van der Waals surface area contributed by atoms with Gasteiger partial charge in [0, 0.05) is 5.69 Å². The average molecular weight is 381 g/mol. The predicted octanol–water partition coefficient (Wildman–Crippen LogP) is 3.80. The molecule has 1 aromatic carbocycles. The van der Waals surface area contributed by atoms with Crippen molar-refractivity contribution in [2.24, 2.45) is 4.99 Å². The van der Waals surface area contributed by atoms with E-state index in [-0.39, 0.29) is 11.8 Å². The van der Waals surface area contributed by atoms with Gasteiger partial charge in [-0.2, -0.15) is 0 Å². The zero-order chi connectivity index (χ0) is 19.1. The van der Waals surface area contributed by atoms with E-state index >= 15 is 0 Å². The molecule has 2 aliphatic heterocycles. The van der Waals surface area contributed by atoms with E-state index in [4.69, 9.17) is 4.42 Å². The third kappa shape index (κ3) is 3.08. The van der Waals surface area contributed by atoms with Gasteiger partial charge < -0.3 is 9.73 Å². The Morgan fingerprint density at radius 2 is 2.00 bits per heavy atom. The summed E-state index contributed by atoms with van der Waals surface area (Å²) in [5.41, 5.74) is 2.71. The lowest BCUT2D eigenvalue weighted by Crippen LogP contribution is -2.40. The Morgan fingerprint density at radius 1 is 1.22 bits per heavy atom. The van der Waals surface area contributed by atoms with Crippen molar-refractivity contribution in [2.45, 2.75) is 26.8 Å². The van der Waals surface area contributed by atoms with Gasteiger partial charge >= 0.3 is 0 Å². The first-order valence-electron chi connectivity index (χ1n) is 8.63. The Morgan fingerprint density at radius 3 is 2.70 bits per heavy atom. The van der Waals surface area contributed by atoms with Gasteiger partial charge in [0.1, 0.15) is 17.6 Å². The molecule has 1 atom stereocenters. The number of amidine groups is 1. The van der Waals surface area contributed by atoms with Gasteiger partial charge in [-0.25, -0.2) is 4.99 Å². The summed E-state index contributed by atoms with van der Waals surface area (Å²) in [7, 11) is 0. The molecule has 0 radical (unpaired) electrons. The summed E-state index contributed by atoms with van der Waals surface area (Å²) in [6.07, 6.45) is 0. The molecule has 27 heavy (non-hydrogen) atoms. The number of aryl methyl sites for hydroxylation is 2. The SMILES string of the molecule is CC1=C(C(=O)Nc2ccccc2C)[C@H](c2ccc(C)o2)N2C(=O)CSC2=N1. The monoisotopic (exact) mass is 381 g/mol. The first-order valence-corrected chi connectivity index (χ1v) is 9.62. The minimum Gasteiger partial charge on any atom is -0.464 e. The van der Waals surface area contributed by atoms with Crippen LogP contribution >= 0.6 is 11.8 Å². The Hall–Kier alpha value is -2.80. The maximum absolute atomic E-state index is 13.2. The summed E-state index contributed by atoms with van der Waals surface area (Å²) < 4.78 is 5.81. The van der Waals surface area contributed by atoms with Crippen LogP contribution in [0.5, 0.6) is 0 Å². The molecule has 1 N–H and O–H groups in total. The number of rotatable bonds is 3. The van der Waals surface area contributed by atoms with Crippen LogP contribution in [0.3, 0.4) is 0 Å². The average Bonchev–Trinajstić information content (AvgIpc) is 3.22. The van der Waals surface area contributed by atoms with Crippen molar-refractivity contribution in [3.05, 3.63) is 64.8 Å². The molecule has 0 spiro atoms. The van der Waals surface area contributed by atoms with Crippen LogP contribution in [0.1, 0.15) is 30.0 Å². The number of fused-ring (bicyclic) bond motifs is 1. The van der Waals surface area contributed by atoms with Crippen LogP contribution in [0.2, 0.25) is 0 Å². The molecule has 7 heteroatoms. The lowest BCUT2D eigenvalue weighted by Gasteiger charge is -2.31. The minimum atomic E-state index is -0.613. The van der Waals surface area contributed by atoms with Crippen molar-refractivity contribution in [1.29, 1.82) is 0 Å². The fourth-order valence-corrected chi connectivity index (χ4v) is 4.24. The van der Waals surface area contributed by atoms with Gasteiger partial charge in [0.25, 0.3) is 5.91 Å². The third-order valence-electron chi connectivity index (χ3n) is 4.65. The van der Waals surface area contributed by atoms with E-state index in [0.717, 1.165) is 17.0 Å². The molecule has 2 amide bonds. The molecule has 1 aromatic heterocycles. The van der Waals surface area contributed by atoms with Crippen LogP contribution in [0.25, 0.3) is 0 Å². The Bertz CT molecular complexity index is 1010. The molecule has 138 valence electrons. The molecule has 1 saturated heterocycles. The van der Waals surface area contributed by atoms with Gasteiger partial charge in [0.05, 0.1) is 17.0 Å². The van der Waals surface area contributed by atoms with Crippen molar-refractivity contribution >= 4 is 34.4 Å². The number of anilines is 1. The lowest BCUT2D eigenvalue weighted by atomic mass is 9.98. The number of hydrogen-bond acceptors (Lipinski definition) is 5. The van der Waals surface area contributed by atoms with E-state index in [0.29, 0.717) is 28.0 Å². The predicted molar refractivity (Wildman–Crippen MR) is 105 cm³/mol. The molecule has 1 fully saturated rings. The van der Waals surface area contributed by atoms with Crippen LogP contribution in [-0.4, -0.2) is 27.6 Å². The van der Waals surface area contributed by atoms with Gasteiger partial charge in [0.15, 0.2) is 5.17 Å². The first kappa shape index (κ1) is 17.6. The van der Waals surface area contributed by atoms with Crippen LogP contribution in [0.15, 0.2) is 57.1 Å². The number of furan rings is 1. The topological polar surface area (TPSA) is 74.9 Å². The van der Waals surface area contributed by atoms with Crippen molar-refractivity contribution in [2.75, 3.05) is 11.1 Å². The van der Waals surface area contributed by atoms with E-state index in [2.05, 4.69) is 10.3 Å². The van der Waals surface area contributed by atoms with Crippen LogP contribution in [0, 0.1) is 13.8 Å². The summed E-state index contributed by atoms with van der Waals surface area (Å²) >= 11 is 1.38. The van der Waals surface area contributed by atoms with Gasteiger partial charge in [-0.15, -0.1) is 0 Å². The van der Waals surface area contributed by atoms with Crippen LogP contribution < -0.4 is 5.32 Å². The molecular formula is C20H19N3O3S. The van der Waals surface area contributed by atoms with E-state index < -0.39 is 6.04 Å². The number of benzene rings is 1. The maximum Gasteiger partial charge on any atom is 0.256 e.